The van der Waals surface area contributed by atoms with Crippen molar-refractivity contribution in [3.05, 3.63) is 60.2 Å². The van der Waals surface area contributed by atoms with E-state index in [1.54, 1.807) is 51.2 Å². The molecule has 4 aromatic rings. The molecule has 0 aliphatic carbocycles. The second kappa shape index (κ2) is 12.4. The van der Waals surface area contributed by atoms with Crippen LogP contribution in [0.2, 0.25) is 0 Å². The van der Waals surface area contributed by atoms with Gasteiger partial charge in [0.1, 0.15) is 33.5 Å². The van der Waals surface area contributed by atoms with Crippen LogP contribution in [0.1, 0.15) is 19.4 Å². The van der Waals surface area contributed by atoms with E-state index < -0.39 is 25.4 Å². The van der Waals surface area contributed by atoms with Gasteiger partial charge < -0.3 is 20.3 Å². The molecule has 0 aromatic heterocycles. The minimum Gasteiger partial charge on any atom is -0.506 e. The number of hydrogen-bond acceptors (Lipinski definition) is 12. The first-order valence-electron chi connectivity index (χ1n) is 13.1. The molecule has 226 valence electrons. The van der Waals surface area contributed by atoms with E-state index in [2.05, 4.69) is 25.8 Å². The molecule has 14 heteroatoms. The van der Waals surface area contributed by atoms with Gasteiger partial charge in [-0.2, -0.15) is 5.11 Å². The van der Waals surface area contributed by atoms with E-state index in [4.69, 9.17) is 4.74 Å². The Bertz CT molecular complexity index is 1990. The molecule has 0 saturated heterocycles. The van der Waals surface area contributed by atoms with Crippen molar-refractivity contribution in [2.24, 2.45) is 20.5 Å². The molecular weight excluding hydrogens is 594 g/mol. The Hall–Kier alpha value is -4.56. The molecule has 0 aliphatic heterocycles. The maximum Gasteiger partial charge on any atom is 0.181 e. The molecule has 4 aromatic carbocycles. The number of ether oxygens (including phenoxy) is 1. The number of sulfone groups is 2. The number of fused-ring (bicyclic) bond motifs is 1. The molecule has 0 saturated carbocycles. The summed E-state index contributed by atoms with van der Waals surface area (Å²) in [5, 5.41) is 42.4. The summed E-state index contributed by atoms with van der Waals surface area (Å²) in [4.78, 5) is 0.0505. The Kier molecular flexibility index (Phi) is 9.01. The molecular formula is C29H31N5O7S2. The normalized spacial score (nSPS) is 12.4. The number of aromatic hydroxyl groups is 2. The number of methoxy groups -OCH3 is 1. The van der Waals surface area contributed by atoms with Crippen LogP contribution in [0.15, 0.2) is 84.8 Å². The maximum atomic E-state index is 12.4. The standard InChI is InChI=1S/C29H31N5O7S2/c1-6-42(37,38)18-8-11-21(17(3)14-18)31-34-28-19-9-13-23(29(36)20(19)10-12-22(28)30-4)32-33-24-15-26(41-5)27(16-25(24)35)43(39,40)7-2/h8-16,30,35-36H,6-7H2,1-5H3/b33-32+,34-31+. The number of anilines is 1. The van der Waals surface area contributed by atoms with E-state index >= 15 is 0 Å². The number of nitrogens with zero attached hydrogens (tertiary/aromatic N) is 4. The van der Waals surface area contributed by atoms with Gasteiger partial charge in [0, 0.05) is 30.0 Å². The monoisotopic (exact) mass is 625 g/mol. The summed E-state index contributed by atoms with van der Waals surface area (Å²) in [5.74, 6) is -0.815. The van der Waals surface area contributed by atoms with Gasteiger partial charge in [-0.1, -0.05) is 13.8 Å². The average Bonchev–Trinajstić information content (AvgIpc) is 3.00. The van der Waals surface area contributed by atoms with Crippen LogP contribution in [0.3, 0.4) is 0 Å². The fourth-order valence-electron chi connectivity index (χ4n) is 4.24. The van der Waals surface area contributed by atoms with Crippen molar-refractivity contribution in [2.75, 3.05) is 31.0 Å². The predicted octanol–water partition coefficient (Wildman–Crippen LogP) is 7.03. The molecule has 0 bridgehead atoms. The quantitative estimate of drug-likeness (QED) is 0.157. The van der Waals surface area contributed by atoms with Crippen molar-refractivity contribution >= 4 is 58.9 Å². The van der Waals surface area contributed by atoms with Gasteiger partial charge in [-0.15, -0.1) is 15.3 Å². The second-order valence-electron chi connectivity index (χ2n) is 9.39. The number of rotatable bonds is 10. The first kappa shape index (κ1) is 31.4. The van der Waals surface area contributed by atoms with E-state index in [0.29, 0.717) is 33.4 Å². The third-order valence-corrected chi connectivity index (χ3v) is 10.3. The first-order chi connectivity index (χ1) is 20.4. The van der Waals surface area contributed by atoms with Gasteiger partial charge in [-0.05, 0) is 55.0 Å². The summed E-state index contributed by atoms with van der Waals surface area (Å²) >= 11 is 0. The van der Waals surface area contributed by atoms with Gasteiger partial charge in [0.25, 0.3) is 0 Å². The predicted molar refractivity (Wildman–Crippen MR) is 165 cm³/mol. The van der Waals surface area contributed by atoms with E-state index in [1.165, 1.54) is 32.2 Å². The van der Waals surface area contributed by atoms with Gasteiger partial charge in [-0.25, -0.2) is 16.8 Å². The lowest BCUT2D eigenvalue weighted by Crippen LogP contribution is -2.05. The van der Waals surface area contributed by atoms with E-state index in [9.17, 15) is 27.0 Å². The third kappa shape index (κ3) is 6.29. The first-order valence-corrected chi connectivity index (χ1v) is 16.4. The van der Waals surface area contributed by atoms with Crippen LogP contribution < -0.4 is 10.1 Å². The van der Waals surface area contributed by atoms with Crippen LogP contribution in [-0.4, -0.2) is 52.7 Å². The molecule has 3 N–H and O–H groups in total. The van der Waals surface area contributed by atoms with Crippen molar-refractivity contribution in [1.82, 2.24) is 0 Å². The molecule has 0 heterocycles. The maximum absolute atomic E-state index is 12.4. The summed E-state index contributed by atoms with van der Waals surface area (Å²) in [5.41, 5.74) is 2.21. The lowest BCUT2D eigenvalue weighted by atomic mass is 10.1. The molecule has 0 amide bonds. The molecule has 0 spiro atoms. The van der Waals surface area contributed by atoms with Crippen molar-refractivity contribution in [3.63, 3.8) is 0 Å². The number of phenols is 2. The zero-order valence-corrected chi connectivity index (χ0v) is 25.8. The fourth-order valence-corrected chi connectivity index (χ4v) is 6.26. The number of benzene rings is 4. The topological polar surface area (TPSA) is 179 Å². The van der Waals surface area contributed by atoms with E-state index in [-0.39, 0.29) is 44.2 Å². The molecule has 0 atom stereocenters. The second-order valence-corrected chi connectivity index (χ2v) is 13.9. The Morgan fingerprint density at radius 2 is 1.40 bits per heavy atom. The zero-order chi connectivity index (χ0) is 31.5. The zero-order valence-electron chi connectivity index (χ0n) is 24.2. The van der Waals surface area contributed by atoms with Crippen LogP contribution in [0.4, 0.5) is 28.4 Å². The minimum atomic E-state index is -3.67. The summed E-state index contributed by atoms with van der Waals surface area (Å²) in [6, 6.07) is 13.5. The van der Waals surface area contributed by atoms with E-state index in [1.807, 2.05) is 0 Å². The SMILES string of the molecule is CCS(=O)(=O)c1ccc(/N=N/c2c(NC)ccc3c(O)c(/N=N/c4cc(OC)c(S(=O)(=O)CC)cc4O)ccc23)c(C)c1. The van der Waals surface area contributed by atoms with Crippen LogP contribution in [0, 0.1) is 6.92 Å². The number of hydrogen-bond donors (Lipinski definition) is 3. The largest absolute Gasteiger partial charge is 0.506 e. The van der Waals surface area contributed by atoms with Crippen molar-refractivity contribution < 1.29 is 31.8 Å². The Morgan fingerprint density at radius 3 is 2.02 bits per heavy atom. The number of azo groups is 2. The smallest absolute Gasteiger partial charge is 0.181 e. The highest BCUT2D eigenvalue weighted by molar-refractivity contribution is 7.91. The summed E-state index contributed by atoms with van der Waals surface area (Å²) in [7, 11) is -4.00. The van der Waals surface area contributed by atoms with Crippen LogP contribution in [-0.2, 0) is 19.7 Å². The van der Waals surface area contributed by atoms with Gasteiger partial charge in [-0.3, -0.25) is 0 Å². The molecule has 43 heavy (non-hydrogen) atoms. The number of aryl methyl sites for hydroxylation is 1. The summed E-state index contributed by atoms with van der Waals surface area (Å²) in [6.07, 6.45) is 0. The molecule has 0 radical (unpaired) electrons. The number of nitrogens with one attached hydrogen (secondary N) is 1. The van der Waals surface area contributed by atoms with Crippen LogP contribution in [0.5, 0.6) is 17.2 Å². The highest BCUT2D eigenvalue weighted by Crippen LogP contribution is 2.44. The van der Waals surface area contributed by atoms with Gasteiger partial charge >= 0.3 is 0 Å². The molecule has 12 nitrogen and oxygen atoms in total. The molecule has 0 aliphatic rings. The van der Waals surface area contributed by atoms with Crippen molar-refractivity contribution in [1.29, 1.82) is 0 Å². The number of phenolic OH excluding ortho intramolecular Hbond substituents is 2. The molecule has 0 unspecified atom stereocenters. The summed E-state index contributed by atoms with van der Waals surface area (Å²) < 4.78 is 54.3. The molecule has 4 rings (SSSR count). The highest BCUT2D eigenvalue weighted by Gasteiger charge is 2.21. The van der Waals surface area contributed by atoms with Gasteiger partial charge in [0.05, 0.1) is 34.9 Å². The molecule has 0 fully saturated rings. The van der Waals surface area contributed by atoms with Crippen LogP contribution >= 0.6 is 0 Å². The third-order valence-electron chi connectivity index (χ3n) is 6.80. The highest BCUT2D eigenvalue weighted by atomic mass is 32.2. The minimum absolute atomic E-state index is 0.00259. The van der Waals surface area contributed by atoms with Crippen molar-refractivity contribution in [3.8, 4) is 17.2 Å². The Labute approximate surface area is 249 Å². The fraction of sp³-hybridized carbons (Fsp3) is 0.241. The van der Waals surface area contributed by atoms with Crippen molar-refractivity contribution in [2.45, 2.75) is 30.6 Å². The Balaban J connectivity index is 1.74. The Morgan fingerprint density at radius 1 is 0.767 bits per heavy atom. The van der Waals surface area contributed by atoms with Gasteiger partial charge in [0.2, 0.25) is 0 Å². The van der Waals surface area contributed by atoms with Crippen LogP contribution in [0.25, 0.3) is 10.8 Å². The van der Waals surface area contributed by atoms with E-state index in [0.717, 1.165) is 6.07 Å². The van der Waals surface area contributed by atoms with Gasteiger partial charge in [0.15, 0.2) is 25.4 Å². The lowest BCUT2D eigenvalue weighted by Gasteiger charge is -2.11. The average molecular weight is 626 g/mol. The summed E-state index contributed by atoms with van der Waals surface area (Å²) in [6.45, 7) is 4.81. The lowest BCUT2D eigenvalue weighted by molar-refractivity contribution is 0.399.